The van der Waals surface area contributed by atoms with Crippen molar-refractivity contribution in [1.82, 2.24) is 15.1 Å². The van der Waals surface area contributed by atoms with Crippen LogP contribution in [0.4, 0.5) is 0 Å². The fourth-order valence-electron chi connectivity index (χ4n) is 1.23. The molecular weight excluding hydrogens is 284 g/mol. The van der Waals surface area contributed by atoms with Gasteiger partial charge in [0.15, 0.2) is 0 Å². The average Bonchev–Trinajstić information content (AvgIpc) is 2.79. The predicted octanol–water partition coefficient (Wildman–Crippen LogP) is 2.13. The van der Waals surface area contributed by atoms with E-state index in [1.807, 2.05) is 26.0 Å². The highest BCUT2D eigenvalue weighted by molar-refractivity contribution is 9.10. The van der Waals surface area contributed by atoms with E-state index in [1.165, 1.54) is 0 Å². The van der Waals surface area contributed by atoms with Crippen LogP contribution in [0.5, 0.6) is 0 Å². The normalized spacial score (nSPS) is 11.8. The van der Waals surface area contributed by atoms with Crippen molar-refractivity contribution in [1.29, 1.82) is 0 Å². The molecule has 2 aromatic rings. The maximum atomic E-state index is 5.66. The Balaban J connectivity index is 2.40. The van der Waals surface area contributed by atoms with E-state index in [4.69, 9.17) is 10.3 Å². The quantitative estimate of drug-likeness (QED) is 0.939. The molecular formula is C11H13BrN4O. The molecule has 0 aliphatic heterocycles. The lowest BCUT2D eigenvalue weighted by Crippen LogP contribution is -2.28. The first-order chi connectivity index (χ1) is 8.04. The summed E-state index contributed by atoms with van der Waals surface area (Å²) in [6.45, 7) is 4.35. The van der Waals surface area contributed by atoms with Gasteiger partial charge in [0.05, 0.1) is 5.41 Å². The largest absolute Gasteiger partial charge is 0.338 e. The van der Waals surface area contributed by atoms with E-state index in [1.54, 1.807) is 6.20 Å². The molecule has 0 spiro atoms. The van der Waals surface area contributed by atoms with Gasteiger partial charge in [-0.3, -0.25) is 4.98 Å². The second kappa shape index (κ2) is 4.54. The highest BCUT2D eigenvalue weighted by atomic mass is 79.9. The Morgan fingerprint density at radius 1 is 1.47 bits per heavy atom. The van der Waals surface area contributed by atoms with E-state index in [-0.39, 0.29) is 5.41 Å². The van der Waals surface area contributed by atoms with Crippen molar-refractivity contribution in [2.75, 3.05) is 6.54 Å². The molecule has 0 aliphatic rings. The molecule has 0 fully saturated rings. The van der Waals surface area contributed by atoms with E-state index in [0.29, 0.717) is 24.0 Å². The summed E-state index contributed by atoms with van der Waals surface area (Å²) < 4.78 is 6.06. The fourth-order valence-corrected chi connectivity index (χ4v) is 1.66. The number of pyridine rings is 1. The van der Waals surface area contributed by atoms with Crippen LogP contribution < -0.4 is 5.73 Å². The van der Waals surface area contributed by atoms with Gasteiger partial charge >= 0.3 is 0 Å². The topological polar surface area (TPSA) is 77.8 Å². The minimum absolute atomic E-state index is 0.327. The summed E-state index contributed by atoms with van der Waals surface area (Å²) in [6, 6.07) is 3.71. The van der Waals surface area contributed by atoms with Crippen LogP contribution in [0.1, 0.15) is 19.7 Å². The van der Waals surface area contributed by atoms with Gasteiger partial charge in [-0.1, -0.05) is 5.16 Å². The zero-order valence-corrected chi connectivity index (χ0v) is 11.2. The van der Waals surface area contributed by atoms with Gasteiger partial charge in [-0.2, -0.15) is 4.98 Å². The molecule has 0 radical (unpaired) electrons. The molecule has 90 valence electrons. The van der Waals surface area contributed by atoms with Crippen molar-refractivity contribution >= 4 is 15.9 Å². The van der Waals surface area contributed by atoms with Crippen LogP contribution in [-0.2, 0) is 5.41 Å². The number of nitrogens with zero attached hydrogens (tertiary/aromatic N) is 3. The molecule has 0 amide bonds. The summed E-state index contributed by atoms with van der Waals surface area (Å²) in [4.78, 5) is 8.54. The monoisotopic (exact) mass is 296 g/mol. The van der Waals surface area contributed by atoms with Crippen LogP contribution in [0.15, 0.2) is 27.3 Å². The summed E-state index contributed by atoms with van der Waals surface area (Å²) in [7, 11) is 0. The number of hydrogen-bond acceptors (Lipinski definition) is 5. The molecule has 2 aromatic heterocycles. The Hall–Kier alpha value is -1.27. The average molecular weight is 297 g/mol. The summed E-state index contributed by atoms with van der Waals surface area (Å²) in [6.07, 6.45) is 1.68. The van der Waals surface area contributed by atoms with Crippen LogP contribution in [0.25, 0.3) is 11.5 Å². The summed E-state index contributed by atoms with van der Waals surface area (Å²) >= 11 is 3.40. The zero-order chi connectivity index (χ0) is 12.5. The smallest absolute Gasteiger partial charge is 0.233 e. The SMILES string of the molecule is CC(C)(CN)c1nc(-c2ncccc2Br)no1. The molecule has 5 nitrogen and oxygen atoms in total. The number of hydrogen-bond donors (Lipinski definition) is 1. The van der Waals surface area contributed by atoms with E-state index >= 15 is 0 Å². The molecule has 0 bridgehead atoms. The Morgan fingerprint density at radius 3 is 2.88 bits per heavy atom. The molecule has 2 N–H and O–H groups in total. The minimum Gasteiger partial charge on any atom is -0.338 e. The molecule has 0 aliphatic carbocycles. The molecule has 0 atom stereocenters. The van der Waals surface area contributed by atoms with Crippen molar-refractivity contribution < 1.29 is 4.52 Å². The lowest BCUT2D eigenvalue weighted by molar-refractivity contribution is 0.311. The Morgan fingerprint density at radius 2 is 2.24 bits per heavy atom. The Labute approximate surface area is 108 Å². The molecule has 2 rings (SSSR count). The van der Waals surface area contributed by atoms with Gasteiger partial charge < -0.3 is 10.3 Å². The molecule has 17 heavy (non-hydrogen) atoms. The second-order valence-electron chi connectivity index (χ2n) is 4.34. The molecule has 2 heterocycles. The highest BCUT2D eigenvalue weighted by Gasteiger charge is 2.26. The van der Waals surface area contributed by atoms with Gasteiger partial charge in [0.1, 0.15) is 5.69 Å². The van der Waals surface area contributed by atoms with Crippen LogP contribution in [0, 0.1) is 0 Å². The number of rotatable bonds is 3. The van der Waals surface area contributed by atoms with Gasteiger partial charge in [-0.15, -0.1) is 0 Å². The van der Waals surface area contributed by atoms with Crippen LogP contribution in [0.2, 0.25) is 0 Å². The zero-order valence-electron chi connectivity index (χ0n) is 9.64. The predicted molar refractivity (Wildman–Crippen MR) is 67.3 cm³/mol. The first-order valence-corrected chi connectivity index (χ1v) is 5.99. The first-order valence-electron chi connectivity index (χ1n) is 5.20. The maximum absolute atomic E-state index is 5.66. The lowest BCUT2D eigenvalue weighted by atomic mass is 9.94. The minimum atomic E-state index is -0.327. The molecule has 0 aromatic carbocycles. The lowest BCUT2D eigenvalue weighted by Gasteiger charge is -2.15. The fraction of sp³-hybridized carbons (Fsp3) is 0.364. The number of nitrogens with two attached hydrogens (primary N) is 1. The molecule has 0 saturated carbocycles. The second-order valence-corrected chi connectivity index (χ2v) is 5.20. The van der Waals surface area contributed by atoms with Crippen molar-refractivity contribution in [3.63, 3.8) is 0 Å². The first kappa shape index (κ1) is 12.2. The van der Waals surface area contributed by atoms with E-state index < -0.39 is 0 Å². The van der Waals surface area contributed by atoms with E-state index in [9.17, 15) is 0 Å². The van der Waals surface area contributed by atoms with Gasteiger partial charge in [-0.05, 0) is 41.9 Å². The van der Waals surface area contributed by atoms with Crippen LogP contribution in [-0.4, -0.2) is 21.7 Å². The van der Waals surface area contributed by atoms with Crippen molar-refractivity contribution in [2.24, 2.45) is 5.73 Å². The standard InChI is InChI=1S/C11H13BrN4O/c1-11(2,6-13)10-15-9(16-17-10)8-7(12)4-3-5-14-8/h3-5H,6,13H2,1-2H3. The van der Waals surface area contributed by atoms with Gasteiger partial charge in [0.2, 0.25) is 11.7 Å². The van der Waals surface area contributed by atoms with Gasteiger partial charge in [0, 0.05) is 17.2 Å². The third-order valence-electron chi connectivity index (χ3n) is 2.49. The van der Waals surface area contributed by atoms with Crippen molar-refractivity contribution in [2.45, 2.75) is 19.3 Å². The molecule has 0 unspecified atom stereocenters. The molecule has 6 heteroatoms. The summed E-state index contributed by atoms with van der Waals surface area (Å²) in [5.74, 6) is 0.988. The number of halogens is 1. The van der Waals surface area contributed by atoms with Crippen LogP contribution in [0.3, 0.4) is 0 Å². The molecule has 0 saturated heterocycles. The van der Waals surface area contributed by atoms with E-state index in [2.05, 4.69) is 31.1 Å². The third-order valence-corrected chi connectivity index (χ3v) is 3.13. The Bertz CT molecular complexity index is 524. The van der Waals surface area contributed by atoms with Crippen molar-refractivity contribution in [3.8, 4) is 11.5 Å². The summed E-state index contributed by atoms with van der Waals surface area (Å²) in [5.41, 5.74) is 6.00. The highest BCUT2D eigenvalue weighted by Crippen LogP contribution is 2.26. The Kier molecular flexibility index (Phi) is 3.26. The third kappa shape index (κ3) is 2.37. The van der Waals surface area contributed by atoms with Crippen LogP contribution >= 0.6 is 15.9 Å². The van der Waals surface area contributed by atoms with Gasteiger partial charge in [-0.25, -0.2) is 0 Å². The van der Waals surface area contributed by atoms with Gasteiger partial charge in [0.25, 0.3) is 0 Å². The van der Waals surface area contributed by atoms with E-state index in [0.717, 1.165) is 4.47 Å². The van der Waals surface area contributed by atoms with Crippen molar-refractivity contribution in [3.05, 3.63) is 28.7 Å². The summed E-state index contributed by atoms with van der Waals surface area (Å²) in [5, 5.41) is 3.93. The maximum Gasteiger partial charge on any atom is 0.233 e. The number of aromatic nitrogens is 3.